The van der Waals surface area contributed by atoms with E-state index in [4.69, 9.17) is 14.6 Å². The summed E-state index contributed by atoms with van der Waals surface area (Å²) in [6, 6.07) is 5.05. The van der Waals surface area contributed by atoms with Gasteiger partial charge in [-0.05, 0) is 44.0 Å². The summed E-state index contributed by atoms with van der Waals surface area (Å²) in [7, 11) is 0. The minimum Gasteiger partial charge on any atom is -0.508 e. The minimum absolute atomic E-state index is 0.139. The van der Waals surface area contributed by atoms with Crippen LogP contribution in [0.3, 0.4) is 0 Å². The fourth-order valence-electron chi connectivity index (χ4n) is 2.65. The molecule has 0 radical (unpaired) electrons. The number of furan rings is 1. The molecule has 5 heteroatoms. The van der Waals surface area contributed by atoms with E-state index in [1.165, 1.54) is 0 Å². The molecular weight excluding hydrogens is 282 g/mol. The number of fused-ring (bicyclic) bond motifs is 3. The van der Waals surface area contributed by atoms with E-state index < -0.39 is 5.63 Å². The predicted molar refractivity (Wildman–Crippen MR) is 85.3 cm³/mol. The fourth-order valence-corrected chi connectivity index (χ4v) is 2.65. The van der Waals surface area contributed by atoms with Gasteiger partial charge < -0.3 is 19.7 Å². The third kappa shape index (κ3) is 2.60. The molecule has 0 spiro atoms. The Hall–Kier alpha value is -2.27. The summed E-state index contributed by atoms with van der Waals surface area (Å²) in [5, 5.41) is 10.8. The molecule has 3 aromatic rings. The molecule has 3 rings (SSSR count). The Morgan fingerprint density at radius 3 is 2.68 bits per heavy atom. The van der Waals surface area contributed by atoms with Crippen molar-refractivity contribution in [3.05, 3.63) is 39.9 Å². The molecule has 0 bridgehead atoms. The molecule has 0 saturated carbocycles. The maximum atomic E-state index is 12.2. The Morgan fingerprint density at radius 1 is 1.09 bits per heavy atom. The topological polar surface area (TPSA) is 89.6 Å². The van der Waals surface area contributed by atoms with E-state index in [1.807, 2.05) is 0 Å². The van der Waals surface area contributed by atoms with Crippen LogP contribution in [0.15, 0.2) is 31.8 Å². The van der Waals surface area contributed by atoms with Gasteiger partial charge in [-0.15, -0.1) is 0 Å². The standard InChI is InChI=1S/C17H19NO4/c1-10-7-14-12(9-13(10)19)16-15(22-14)8-11(21-17(16)20)5-3-2-4-6-18/h7-9,19H,2-6,18H2,1H3. The zero-order valence-electron chi connectivity index (χ0n) is 12.5. The first-order valence-corrected chi connectivity index (χ1v) is 7.49. The van der Waals surface area contributed by atoms with Crippen molar-refractivity contribution in [2.45, 2.75) is 32.6 Å². The van der Waals surface area contributed by atoms with Crippen LogP contribution >= 0.6 is 0 Å². The lowest BCUT2D eigenvalue weighted by atomic mass is 10.1. The first-order chi connectivity index (χ1) is 10.6. The first kappa shape index (κ1) is 14.7. The van der Waals surface area contributed by atoms with E-state index >= 15 is 0 Å². The molecule has 0 amide bonds. The fraction of sp³-hybridized carbons (Fsp3) is 0.353. The summed E-state index contributed by atoms with van der Waals surface area (Å²) >= 11 is 0. The molecule has 0 aliphatic rings. The van der Waals surface area contributed by atoms with Crippen molar-refractivity contribution in [2.75, 3.05) is 6.54 Å². The molecule has 0 unspecified atom stereocenters. The van der Waals surface area contributed by atoms with Gasteiger partial charge in [0.25, 0.3) is 0 Å². The average Bonchev–Trinajstić information content (AvgIpc) is 2.82. The number of rotatable bonds is 5. The van der Waals surface area contributed by atoms with Gasteiger partial charge in [0.15, 0.2) is 0 Å². The van der Waals surface area contributed by atoms with E-state index in [9.17, 15) is 9.90 Å². The quantitative estimate of drug-likeness (QED) is 0.706. The highest BCUT2D eigenvalue weighted by atomic mass is 16.4. The summed E-state index contributed by atoms with van der Waals surface area (Å²) < 4.78 is 11.1. The van der Waals surface area contributed by atoms with Crippen LogP contribution in [-0.2, 0) is 6.42 Å². The summed E-state index contributed by atoms with van der Waals surface area (Å²) in [6.45, 7) is 2.46. The van der Waals surface area contributed by atoms with Crippen molar-refractivity contribution >= 4 is 21.9 Å². The van der Waals surface area contributed by atoms with E-state index in [0.29, 0.717) is 46.2 Å². The number of hydrogen-bond acceptors (Lipinski definition) is 5. The van der Waals surface area contributed by atoms with E-state index in [2.05, 4.69) is 0 Å². The second-order valence-electron chi connectivity index (χ2n) is 5.58. The van der Waals surface area contributed by atoms with Crippen LogP contribution in [0.5, 0.6) is 5.75 Å². The number of phenolic OH excluding ortho intramolecular Hbond substituents is 1. The average molecular weight is 301 g/mol. The van der Waals surface area contributed by atoms with Crippen LogP contribution in [0.25, 0.3) is 21.9 Å². The molecule has 2 aromatic heterocycles. The van der Waals surface area contributed by atoms with Crippen molar-refractivity contribution in [3.63, 3.8) is 0 Å². The molecule has 0 fully saturated rings. The molecule has 0 aliphatic heterocycles. The Balaban J connectivity index is 2.03. The molecule has 5 nitrogen and oxygen atoms in total. The number of benzene rings is 1. The largest absolute Gasteiger partial charge is 0.508 e. The molecule has 1 aromatic carbocycles. The maximum Gasteiger partial charge on any atom is 0.347 e. The number of phenols is 1. The zero-order valence-corrected chi connectivity index (χ0v) is 12.5. The molecule has 116 valence electrons. The predicted octanol–water partition coefficient (Wildman–Crippen LogP) is 3.22. The van der Waals surface area contributed by atoms with Crippen LogP contribution in [0, 0.1) is 6.92 Å². The van der Waals surface area contributed by atoms with Gasteiger partial charge in [0.05, 0.1) is 0 Å². The third-order valence-corrected chi connectivity index (χ3v) is 3.88. The Morgan fingerprint density at radius 2 is 1.91 bits per heavy atom. The Labute approximate surface area is 127 Å². The number of hydrogen-bond donors (Lipinski definition) is 2. The van der Waals surface area contributed by atoms with Crippen LogP contribution in [0.2, 0.25) is 0 Å². The smallest absolute Gasteiger partial charge is 0.347 e. The summed E-state index contributed by atoms with van der Waals surface area (Å²) in [5.41, 5.74) is 6.83. The number of aryl methyl sites for hydroxylation is 2. The maximum absolute atomic E-state index is 12.2. The van der Waals surface area contributed by atoms with Gasteiger partial charge in [-0.1, -0.05) is 6.42 Å². The molecular formula is C17H19NO4. The van der Waals surface area contributed by atoms with Crippen molar-refractivity contribution in [2.24, 2.45) is 5.73 Å². The monoisotopic (exact) mass is 301 g/mol. The number of aromatic hydroxyl groups is 1. The van der Waals surface area contributed by atoms with E-state index in [1.54, 1.807) is 25.1 Å². The second kappa shape index (κ2) is 5.85. The van der Waals surface area contributed by atoms with Gasteiger partial charge in [-0.3, -0.25) is 0 Å². The minimum atomic E-state index is -0.423. The zero-order chi connectivity index (χ0) is 15.7. The molecule has 2 heterocycles. The van der Waals surface area contributed by atoms with Gasteiger partial charge >= 0.3 is 5.63 Å². The van der Waals surface area contributed by atoms with Crippen LogP contribution in [0.4, 0.5) is 0 Å². The SMILES string of the molecule is Cc1cc2oc3cc(CCCCCN)oc(=O)c3c2cc1O. The van der Waals surface area contributed by atoms with Crippen molar-refractivity contribution < 1.29 is 13.9 Å². The lowest BCUT2D eigenvalue weighted by Crippen LogP contribution is -2.02. The highest BCUT2D eigenvalue weighted by Crippen LogP contribution is 2.31. The molecule has 0 aliphatic carbocycles. The van der Waals surface area contributed by atoms with Gasteiger partial charge in [-0.25, -0.2) is 4.79 Å². The van der Waals surface area contributed by atoms with Crippen LogP contribution < -0.4 is 11.4 Å². The number of nitrogens with two attached hydrogens (primary N) is 1. The lowest BCUT2D eigenvalue weighted by Gasteiger charge is -1.99. The molecule has 0 atom stereocenters. The van der Waals surface area contributed by atoms with Crippen molar-refractivity contribution in [1.82, 2.24) is 0 Å². The van der Waals surface area contributed by atoms with E-state index in [-0.39, 0.29) is 5.75 Å². The van der Waals surface area contributed by atoms with E-state index in [0.717, 1.165) is 19.3 Å². The van der Waals surface area contributed by atoms with Gasteiger partial charge in [0.1, 0.15) is 28.1 Å². The summed E-state index contributed by atoms with van der Waals surface area (Å²) in [4.78, 5) is 12.2. The van der Waals surface area contributed by atoms with Gasteiger partial charge in [-0.2, -0.15) is 0 Å². The highest BCUT2D eigenvalue weighted by Gasteiger charge is 2.15. The number of unbranched alkanes of at least 4 members (excludes halogenated alkanes) is 2. The summed E-state index contributed by atoms with van der Waals surface area (Å²) in [6.07, 6.45) is 3.58. The van der Waals surface area contributed by atoms with Gasteiger partial charge in [0.2, 0.25) is 0 Å². The Bertz CT molecular complexity index is 876. The van der Waals surface area contributed by atoms with Gasteiger partial charge in [0, 0.05) is 17.9 Å². The molecule has 22 heavy (non-hydrogen) atoms. The third-order valence-electron chi connectivity index (χ3n) is 3.88. The Kier molecular flexibility index (Phi) is 3.90. The van der Waals surface area contributed by atoms with Crippen molar-refractivity contribution in [3.8, 4) is 5.75 Å². The lowest BCUT2D eigenvalue weighted by molar-refractivity contribution is 0.455. The van der Waals surface area contributed by atoms with Crippen molar-refractivity contribution in [1.29, 1.82) is 0 Å². The molecule has 0 saturated heterocycles. The van der Waals surface area contributed by atoms with Crippen LogP contribution in [-0.4, -0.2) is 11.7 Å². The first-order valence-electron chi connectivity index (χ1n) is 7.49. The van der Waals surface area contributed by atoms with Crippen LogP contribution in [0.1, 0.15) is 30.6 Å². The molecule has 3 N–H and O–H groups in total. The second-order valence-corrected chi connectivity index (χ2v) is 5.58. The summed E-state index contributed by atoms with van der Waals surface area (Å²) in [5.74, 6) is 0.759. The normalized spacial score (nSPS) is 11.5. The highest BCUT2D eigenvalue weighted by molar-refractivity contribution is 6.04.